The molecule has 22 nitrogen and oxygen atoms in total. The summed E-state index contributed by atoms with van der Waals surface area (Å²) in [4.78, 5) is 27.1. The number of methoxy groups -OCH3 is 3. The van der Waals surface area contributed by atoms with Gasteiger partial charge in [0.2, 0.25) is 0 Å². The van der Waals surface area contributed by atoms with E-state index in [1.165, 1.54) is 20.1 Å². The maximum absolute atomic E-state index is 13.9. The molecule has 81 heavy (non-hydrogen) atoms. The van der Waals surface area contributed by atoms with E-state index in [0.29, 0.717) is 44.9 Å². The Kier molecular flexibility index (Phi) is 19.8. The number of ether oxygens (including phenoxy) is 13. The standard InChI is InChI=1S/C59H90O22/c1-28(61)36-21-23-59(68)37-18-17-34-24-35(20-22-57(34,6)44(37)52(75-32(5)62)54(58(36,59)7)78-41(63)19-16-33-14-12-11-13-15-33)76-42-25-38(69-8)49(29(2)72-42)79-43-26-39(70-9)50(30(3)73-43)80-56-48(67)53(71-10)51(31(4)74-56)81-55-47(66)46(65)45(64)40(27-60)77-55/h11-16,19,28-31,34-40,42-56,60-61,64-68H,17-18,20-27H2,1-10H3/b19-16+/t28-,29-,30-,31-,34+,35+,36-,37-,38+,39-,40-,42+,43+,44-,45-,46+,47-,48-,49-,50-,51-,52+,53+,54-,55+,56+,57+,58+,59+/m1/s1. The van der Waals surface area contributed by atoms with Crippen molar-refractivity contribution in [3.05, 3.63) is 42.0 Å². The van der Waals surface area contributed by atoms with E-state index in [1.54, 1.807) is 41.1 Å². The first kappa shape index (κ1) is 62.7. The second-order valence-corrected chi connectivity index (χ2v) is 24.7. The van der Waals surface area contributed by atoms with Gasteiger partial charge in [0, 0.05) is 58.5 Å². The molecule has 22 heteroatoms. The number of aliphatic hydroxyl groups excluding tert-OH is 6. The Hall–Kier alpha value is -2.82. The van der Waals surface area contributed by atoms with E-state index >= 15 is 0 Å². The molecule has 0 unspecified atom stereocenters. The van der Waals surface area contributed by atoms with Crippen LogP contribution in [0.1, 0.15) is 112 Å². The number of rotatable bonds is 17. The van der Waals surface area contributed by atoms with E-state index in [1.807, 2.05) is 44.2 Å². The van der Waals surface area contributed by atoms with Crippen LogP contribution in [0.25, 0.3) is 6.08 Å². The summed E-state index contributed by atoms with van der Waals surface area (Å²) < 4.78 is 81.2. The molecule has 7 N–H and O–H groups in total. The first-order chi connectivity index (χ1) is 38.5. The minimum absolute atomic E-state index is 0.0998. The van der Waals surface area contributed by atoms with Gasteiger partial charge in [0.15, 0.2) is 25.2 Å². The number of carbonyl (C=O) groups is 2. The molecule has 458 valence electrons. The second-order valence-electron chi connectivity index (χ2n) is 24.7. The number of benzene rings is 1. The lowest BCUT2D eigenvalue weighted by atomic mass is 9.41. The van der Waals surface area contributed by atoms with Gasteiger partial charge in [-0.25, -0.2) is 4.79 Å². The van der Waals surface area contributed by atoms with Crippen molar-refractivity contribution in [1.82, 2.24) is 0 Å². The third kappa shape index (κ3) is 12.1. The highest BCUT2D eigenvalue weighted by Crippen LogP contribution is 2.70. The fraction of sp³-hybridized carbons (Fsp3) is 0.831. The number of carbonyl (C=O) groups excluding carboxylic acids is 2. The number of hydrogen-bond acceptors (Lipinski definition) is 22. The molecule has 0 spiro atoms. The summed E-state index contributed by atoms with van der Waals surface area (Å²) in [5.41, 5.74) is -2.08. The summed E-state index contributed by atoms with van der Waals surface area (Å²) in [5.74, 6) is -2.11. The normalized spacial score (nSPS) is 48.6. The van der Waals surface area contributed by atoms with Crippen molar-refractivity contribution in [1.29, 1.82) is 0 Å². The molecule has 0 amide bonds. The summed E-state index contributed by atoms with van der Waals surface area (Å²) in [6, 6.07) is 9.39. The molecule has 1 aromatic carbocycles. The minimum atomic E-state index is -1.68. The Balaban J connectivity index is 0.824. The topological polar surface area (TPSA) is 296 Å². The van der Waals surface area contributed by atoms with Crippen LogP contribution >= 0.6 is 0 Å². The lowest BCUT2D eigenvalue weighted by Gasteiger charge is -2.67. The average molecular weight is 1150 g/mol. The highest BCUT2D eigenvalue weighted by molar-refractivity contribution is 5.87. The zero-order valence-corrected chi connectivity index (χ0v) is 48.4. The van der Waals surface area contributed by atoms with E-state index in [2.05, 4.69) is 6.92 Å². The molecule has 8 fully saturated rings. The third-order valence-corrected chi connectivity index (χ3v) is 20.2. The van der Waals surface area contributed by atoms with Crippen molar-refractivity contribution in [3.63, 3.8) is 0 Å². The van der Waals surface area contributed by atoms with E-state index in [4.69, 9.17) is 61.6 Å². The van der Waals surface area contributed by atoms with Gasteiger partial charge >= 0.3 is 11.9 Å². The highest BCUT2D eigenvalue weighted by Gasteiger charge is 2.76. The van der Waals surface area contributed by atoms with Gasteiger partial charge in [-0.2, -0.15) is 0 Å². The fourth-order valence-corrected chi connectivity index (χ4v) is 16.0. The molecule has 29 atom stereocenters. The Labute approximate surface area is 474 Å². The Morgan fingerprint density at radius 1 is 0.691 bits per heavy atom. The molecule has 0 aromatic heterocycles. The van der Waals surface area contributed by atoms with Crippen LogP contribution in [-0.2, 0) is 71.2 Å². The second kappa shape index (κ2) is 25.6. The number of esters is 2. The first-order valence-electron chi connectivity index (χ1n) is 29.2. The van der Waals surface area contributed by atoms with E-state index < -0.39 is 170 Å². The third-order valence-electron chi connectivity index (χ3n) is 20.2. The molecule has 8 aliphatic rings. The SMILES string of the molecule is CO[C@H]1[C@@H](O)[C@H](O[C@@H]2[C@@H](C)O[C@@H](O[C@H]3[C@@H](OC)C[C@H](O[C@H]4CC[C@@]5(C)[C@@H](CC[C@@H]6[C@@H]5[C@H](OC(C)=O)[C@@H](OC(=O)/C=C/c5ccccc5)[C@]5(C)[C@@H]([C@@H](C)O)CC[C@]65O)C4)O[C@@H]3C)C[C@H]2OC)O[C@H](C)[C@H]1O[C@@H]1O[C@H](CO)[C@@H](O)[C@H](O)[C@H]1O. The predicted molar refractivity (Wildman–Crippen MR) is 284 cm³/mol. The van der Waals surface area contributed by atoms with Gasteiger partial charge in [-0.05, 0) is 107 Å². The van der Waals surface area contributed by atoms with Crippen LogP contribution in [0.3, 0.4) is 0 Å². The van der Waals surface area contributed by atoms with Gasteiger partial charge in [-0.3, -0.25) is 4.79 Å². The highest BCUT2D eigenvalue weighted by atomic mass is 16.8. The predicted octanol–water partition coefficient (Wildman–Crippen LogP) is 2.68. The van der Waals surface area contributed by atoms with Crippen molar-refractivity contribution >= 4 is 18.0 Å². The summed E-state index contributed by atoms with van der Waals surface area (Å²) in [6.07, 6.45) is -13.0. The quantitative estimate of drug-likeness (QED) is 0.0670. The molecule has 0 radical (unpaired) electrons. The van der Waals surface area contributed by atoms with Crippen LogP contribution < -0.4 is 0 Å². The summed E-state index contributed by atoms with van der Waals surface area (Å²) in [5, 5.41) is 77.0. The van der Waals surface area contributed by atoms with Crippen LogP contribution in [-0.4, -0.2) is 216 Å². The van der Waals surface area contributed by atoms with Gasteiger partial charge in [0.05, 0.1) is 54.9 Å². The van der Waals surface area contributed by atoms with Gasteiger partial charge < -0.3 is 97.3 Å². The molecule has 4 aliphatic heterocycles. The maximum Gasteiger partial charge on any atom is 0.331 e. The number of fused-ring (bicyclic) bond motifs is 5. The van der Waals surface area contributed by atoms with Crippen LogP contribution in [0.5, 0.6) is 0 Å². The molecule has 4 heterocycles. The van der Waals surface area contributed by atoms with Gasteiger partial charge in [0.1, 0.15) is 67.1 Å². The molecule has 9 rings (SSSR count). The van der Waals surface area contributed by atoms with Crippen molar-refractivity contribution in [2.24, 2.45) is 34.5 Å². The summed E-state index contributed by atoms with van der Waals surface area (Å²) in [7, 11) is 4.53. The summed E-state index contributed by atoms with van der Waals surface area (Å²) in [6.45, 7) is 11.9. The van der Waals surface area contributed by atoms with Crippen molar-refractivity contribution < 1.29 is 107 Å². The molecule has 4 aliphatic carbocycles. The van der Waals surface area contributed by atoms with Crippen molar-refractivity contribution in [3.8, 4) is 0 Å². The lowest BCUT2D eigenvalue weighted by Crippen LogP contribution is -2.73. The molecule has 1 aromatic rings. The minimum Gasteiger partial charge on any atom is -0.458 e. The maximum atomic E-state index is 13.9. The lowest BCUT2D eigenvalue weighted by molar-refractivity contribution is -0.373. The zero-order valence-electron chi connectivity index (χ0n) is 48.4. The van der Waals surface area contributed by atoms with Crippen LogP contribution in [0, 0.1) is 34.5 Å². The van der Waals surface area contributed by atoms with Crippen LogP contribution in [0.4, 0.5) is 0 Å². The van der Waals surface area contributed by atoms with Gasteiger partial charge in [-0.1, -0.05) is 44.2 Å². The van der Waals surface area contributed by atoms with Crippen molar-refractivity contribution in [2.75, 3.05) is 27.9 Å². The Morgan fingerprint density at radius 2 is 1.31 bits per heavy atom. The molecular weight excluding hydrogens is 1060 g/mol. The Morgan fingerprint density at radius 3 is 1.93 bits per heavy atom. The van der Waals surface area contributed by atoms with Crippen molar-refractivity contribution in [2.45, 2.75) is 247 Å². The number of hydrogen-bond donors (Lipinski definition) is 7. The summed E-state index contributed by atoms with van der Waals surface area (Å²) >= 11 is 0. The van der Waals surface area contributed by atoms with E-state index in [0.717, 1.165) is 12.0 Å². The van der Waals surface area contributed by atoms with Gasteiger partial charge in [0.25, 0.3) is 0 Å². The number of aliphatic hydroxyl groups is 7. The van der Waals surface area contributed by atoms with E-state index in [-0.39, 0.29) is 30.3 Å². The van der Waals surface area contributed by atoms with Crippen LogP contribution in [0.15, 0.2) is 36.4 Å². The molecule has 4 saturated heterocycles. The monoisotopic (exact) mass is 1150 g/mol. The van der Waals surface area contributed by atoms with Gasteiger partial charge in [-0.15, -0.1) is 0 Å². The zero-order chi connectivity index (χ0) is 58.5. The largest absolute Gasteiger partial charge is 0.458 e. The fourth-order valence-electron chi connectivity index (χ4n) is 16.0. The Bertz CT molecular complexity index is 2270. The molecule has 4 saturated carbocycles. The smallest absolute Gasteiger partial charge is 0.331 e. The van der Waals surface area contributed by atoms with Crippen LogP contribution in [0.2, 0.25) is 0 Å². The first-order valence-corrected chi connectivity index (χ1v) is 29.2. The molecular formula is C59H90O22. The van der Waals surface area contributed by atoms with E-state index in [9.17, 15) is 45.3 Å². The average Bonchev–Trinajstić information content (AvgIpc) is 2.12. The molecule has 0 bridgehead atoms.